The average Bonchev–Trinajstić information content (AvgIpc) is 1.41. The lowest BCUT2D eigenvalue weighted by Gasteiger charge is -1.79. The number of rotatable bonds is 2. The third-order valence-corrected chi connectivity index (χ3v) is 0.512. The van der Waals surface area contributed by atoms with Crippen molar-refractivity contribution >= 4 is 0 Å². The van der Waals surface area contributed by atoms with E-state index in [1.165, 1.54) is 0 Å². The van der Waals surface area contributed by atoms with Gasteiger partial charge in [0.2, 0.25) is 0 Å². The van der Waals surface area contributed by atoms with Crippen LogP contribution in [0.4, 0.5) is 0 Å². The molecule has 0 spiro atoms. The van der Waals surface area contributed by atoms with Crippen LogP contribution >= 0.6 is 0 Å². The van der Waals surface area contributed by atoms with Crippen LogP contribution in [-0.2, 0) is 0 Å². The zero-order valence-corrected chi connectivity index (χ0v) is 3.57. The van der Waals surface area contributed by atoms with Crippen molar-refractivity contribution in [3.8, 4) is 0 Å². The fourth-order valence-electron chi connectivity index (χ4n) is 0.158. The quantitative estimate of drug-likeness (QED) is 0.571. The van der Waals surface area contributed by atoms with Gasteiger partial charge in [-0.3, -0.25) is 0 Å². The molecule has 0 aliphatic carbocycles. The van der Waals surface area contributed by atoms with E-state index < -0.39 is 0 Å². The second-order valence-corrected chi connectivity index (χ2v) is 1.08. The van der Waals surface area contributed by atoms with Crippen molar-refractivity contribution in [1.82, 2.24) is 0 Å². The van der Waals surface area contributed by atoms with Crippen molar-refractivity contribution in [3.63, 3.8) is 0 Å². The SMILES string of the molecule is C.C.CCCCO. The molecular weight excluding hydrogens is 88.1 g/mol. The zero-order chi connectivity index (χ0) is 4.12. The third kappa shape index (κ3) is 24.3. The fourth-order valence-corrected chi connectivity index (χ4v) is 0.158. The summed E-state index contributed by atoms with van der Waals surface area (Å²) in [7, 11) is 0. The highest BCUT2D eigenvalue weighted by molar-refractivity contribution is 4.23. The van der Waals surface area contributed by atoms with E-state index in [0.29, 0.717) is 6.61 Å². The van der Waals surface area contributed by atoms with Crippen LogP contribution in [-0.4, -0.2) is 11.7 Å². The number of aliphatic hydroxyl groups excluding tert-OH is 1. The minimum Gasteiger partial charge on any atom is -0.396 e. The molecule has 1 N–H and O–H groups in total. The molecule has 0 bridgehead atoms. The summed E-state index contributed by atoms with van der Waals surface area (Å²) in [5.41, 5.74) is 0. The van der Waals surface area contributed by atoms with Gasteiger partial charge in [0, 0.05) is 6.61 Å². The van der Waals surface area contributed by atoms with Gasteiger partial charge in [-0.15, -0.1) is 0 Å². The lowest BCUT2D eigenvalue weighted by Crippen LogP contribution is -1.75. The molecule has 0 aliphatic rings. The molecule has 7 heavy (non-hydrogen) atoms. The first-order valence-corrected chi connectivity index (χ1v) is 2.02. The van der Waals surface area contributed by atoms with E-state index in [1.54, 1.807) is 0 Å². The molecule has 0 fully saturated rings. The molecule has 1 nitrogen and oxygen atoms in total. The molecule has 0 aliphatic heterocycles. The first kappa shape index (κ1) is 15.8. The minimum atomic E-state index is 0. The molecule has 0 heterocycles. The van der Waals surface area contributed by atoms with E-state index in [9.17, 15) is 0 Å². The monoisotopic (exact) mass is 106 g/mol. The smallest absolute Gasteiger partial charge is 0.0430 e. The van der Waals surface area contributed by atoms with Crippen molar-refractivity contribution in [2.24, 2.45) is 0 Å². The number of hydrogen-bond acceptors (Lipinski definition) is 1. The Morgan fingerprint density at radius 3 is 1.71 bits per heavy atom. The molecule has 0 aromatic rings. The van der Waals surface area contributed by atoms with Gasteiger partial charge in [-0.05, 0) is 6.42 Å². The zero-order valence-electron chi connectivity index (χ0n) is 3.57. The minimum absolute atomic E-state index is 0. The Morgan fingerprint density at radius 1 is 1.29 bits per heavy atom. The van der Waals surface area contributed by atoms with Gasteiger partial charge in [-0.2, -0.15) is 0 Å². The summed E-state index contributed by atoms with van der Waals surface area (Å²) in [4.78, 5) is 0. The van der Waals surface area contributed by atoms with Gasteiger partial charge >= 0.3 is 0 Å². The number of unbranched alkanes of at least 4 members (excludes halogenated alkanes) is 1. The van der Waals surface area contributed by atoms with Crippen LogP contribution in [0.25, 0.3) is 0 Å². The molecule has 0 amide bonds. The van der Waals surface area contributed by atoms with Crippen LogP contribution in [0.3, 0.4) is 0 Å². The Morgan fingerprint density at radius 2 is 1.71 bits per heavy atom. The maximum absolute atomic E-state index is 8.07. The molecular formula is C6H18O. The van der Waals surface area contributed by atoms with Gasteiger partial charge in [-0.1, -0.05) is 28.2 Å². The summed E-state index contributed by atoms with van der Waals surface area (Å²) in [6.07, 6.45) is 2.04. The van der Waals surface area contributed by atoms with Crippen molar-refractivity contribution in [3.05, 3.63) is 0 Å². The Labute approximate surface area is 47.4 Å². The largest absolute Gasteiger partial charge is 0.396 e. The predicted octanol–water partition coefficient (Wildman–Crippen LogP) is 2.05. The van der Waals surface area contributed by atoms with Crippen molar-refractivity contribution in [2.75, 3.05) is 6.61 Å². The number of hydrogen-bond donors (Lipinski definition) is 1. The molecule has 0 aromatic heterocycles. The van der Waals surface area contributed by atoms with E-state index in [-0.39, 0.29) is 14.9 Å². The first-order valence-electron chi connectivity index (χ1n) is 2.02. The van der Waals surface area contributed by atoms with Crippen LogP contribution in [0, 0.1) is 0 Å². The Hall–Kier alpha value is -0.0400. The molecule has 0 aromatic carbocycles. The van der Waals surface area contributed by atoms with E-state index >= 15 is 0 Å². The molecule has 48 valence electrons. The average molecular weight is 106 g/mol. The highest BCUT2D eigenvalue weighted by Crippen LogP contribution is 1.78. The van der Waals surface area contributed by atoms with Crippen LogP contribution in [0.2, 0.25) is 0 Å². The highest BCUT2D eigenvalue weighted by atomic mass is 16.2. The Bertz CT molecular complexity index is 11.7. The van der Waals surface area contributed by atoms with Crippen LogP contribution in [0.15, 0.2) is 0 Å². The van der Waals surface area contributed by atoms with E-state index in [2.05, 4.69) is 6.92 Å². The second kappa shape index (κ2) is 16.7. The highest BCUT2D eigenvalue weighted by Gasteiger charge is 1.69. The summed E-state index contributed by atoms with van der Waals surface area (Å²) in [5.74, 6) is 0. The van der Waals surface area contributed by atoms with Crippen molar-refractivity contribution in [2.45, 2.75) is 34.6 Å². The molecule has 0 radical (unpaired) electrons. The van der Waals surface area contributed by atoms with Crippen LogP contribution < -0.4 is 0 Å². The molecule has 0 unspecified atom stereocenters. The lowest BCUT2D eigenvalue weighted by molar-refractivity contribution is 0.287. The van der Waals surface area contributed by atoms with Gasteiger partial charge in [-0.25, -0.2) is 0 Å². The summed E-state index contributed by atoms with van der Waals surface area (Å²) in [6, 6.07) is 0. The summed E-state index contributed by atoms with van der Waals surface area (Å²) in [6.45, 7) is 2.40. The third-order valence-electron chi connectivity index (χ3n) is 0.512. The van der Waals surface area contributed by atoms with E-state index in [4.69, 9.17) is 5.11 Å². The van der Waals surface area contributed by atoms with Gasteiger partial charge in [0.05, 0.1) is 0 Å². The second-order valence-electron chi connectivity index (χ2n) is 1.08. The Balaban J connectivity index is -0.0000000800. The summed E-state index contributed by atoms with van der Waals surface area (Å²) >= 11 is 0. The first-order chi connectivity index (χ1) is 2.41. The summed E-state index contributed by atoms with van der Waals surface area (Å²) in [5, 5.41) is 8.07. The molecule has 0 saturated heterocycles. The number of aliphatic hydroxyl groups is 1. The van der Waals surface area contributed by atoms with E-state index in [0.717, 1.165) is 12.8 Å². The van der Waals surface area contributed by atoms with Crippen molar-refractivity contribution < 1.29 is 5.11 Å². The topological polar surface area (TPSA) is 20.2 Å². The maximum atomic E-state index is 8.07. The predicted molar refractivity (Wildman–Crippen MR) is 35.5 cm³/mol. The van der Waals surface area contributed by atoms with Crippen molar-refractivity contribution in [1.29, 1.82) is 0 Å². The maximum Gasteiger partial charge on any atom is 0.0430 e. The standard InChI is InChI=1S/C4H10O.2CH4/c1-2-3-4-5;;/h5H,2-4H2,1H3;2*1H4. The summed E-state index contributed by atoms with van der Waals surface area (Å²) < 4.78 is 0. The van der Waals surface area contributed by atoms with Gasteiger partial charge in [0.15, 0.2) is 0 Å². The van der Waals surface area contributed by atoms with E-state index in [1.807, 2.05) is 0 Å². The molecule has 0 rings (SSSR count). The molecule has 1 heteroatoms. The van der Waals surface area contributed by atoms with Gasteiger partial charge in [0.1, 0.15) is 0 Å². The molecule has 0 saturated carbocycles. The lowest BCUT2D eigenvalue weighted by atomic mass is 10.4. The Kier molecular flexibility index (Phi) is 37.7. The fraction of sp³-hybridized carbons (Fsp3) is 1.00. The normalized spacial score (nSPS) is 6.00. The van der Waals surface area contributed by atoms with Crippen LogP contribution in [0.1, 0.15) is 34.6 Å². The van der Waals surface area contributed by atoms with Crippen LogP contribution in [0.5, 0.6) is 0 Å². The van der Waals surface area contributed by atoms with Gasteiger partial charge in [0.25, 0.3) is 0 Å². The van der Waals surface area contributed by atoms with Gasteiger partial charge < -0.3 is 5.11 Å². The molecule has 0 atom stereocenters.